The zero-order valence-electron chi connectivity index (χ0n) is 10.7. The first kappa shape index (κ1) is 13.1. The summed E-state index contributed by atoms with van der Waals surface area (Å²) in [7, 11) is 0. The molecule has 0 spiro atoms. The van der Waals surface area contributed by atoms with Crippen LogP contribution < -0.4 is 0 Å². The minimum Gasteiger partial charge on any atom is -0.375 e. The van der Waals surface area contributed by atoms with Gasteiger partial charge < -0.3 is 10.0 Å². The van der Waals surface area contributed by atoms with E-state index in [9.17, 15) is 5.11 Å². The zero-order valence-corrected chi connectivity index (χ0v) is 10.7. The van der Waals surface area contributed by atoms with Crippen LogP contribution in [0.1, 0.15) is 24.8 Å². The van der Waals surface area contributed by atoms with Gasteiger partial charge in [-0.15, -0.1) is 0 Å². The Morgan fingerprint density at radius 2 is 1.89 bits per heavy atom. The Labute approximate surface area is 109 Å². The van der Waals surface area contributed by atoms with Crippen molar-refractivity contribution in [3.63, 3.8) is 0 Å². The van der Waals surface area contributed by atoms with Gasteiger partial charge in [0, 0.05) is 25.9 Å². The lowest BCUT2D eigenvalue weighted by atomic mass is 9.93. The Hall–Kier alpha value is -1.37. The second-order valence-corrected chi connectivity index (χ2v) is 5.07. The van der Waals surface area contributed by atoms with Gasteiger partial charge >= 0.3 is 0 Å². The lowest BCUT2D eigenvalue weighted by Gasteiger charge is -2.33. The normalized spacial score (nSPS) is 19.3. The third-order valence-corrected chi connectivity index (χ3v) is 3.67. The second kappa shape index (κ2) is 5.99. The summed E-state index contributed by atoms with van der Waals surface area (Å²) >= 11 is 0. The largest absolute Gasteiger partial charge is 0.375 e. The van der Waals surface area contributed by atoms with Crippen LogP contribution in [0.3, 0.4) is 0 Å². The molecule has 1 aliphatic rings. The molecule has 0 atom stereocenters. The summed E-state index contributed by atoms with van der Waals surface area (Å²) in [6.07, 6.45) is 3.39. The monoisotopic (exact) mass is 244 g/mol. The van der Waals surface area contributed by atoms with Gasteiger partial charge in [-0.2, -0.15) is 5.26 Å². The van der Waals surface area contributed by atoms with Crippen LogP contribution in [-0.2, 0) is 6.42 Å². The Kier molecular flexibility index (Phi) is 4.35. The molecule has 18 heavy (non-hydrogen) atoms. The number of aliphatic hydroxyl groups is 1. The number of hydrogen-bond donors (Lipinski definition) is 1. The molecule has 0 amide bonds. The van der Waals surface area contributed by atoms with Crippen molar-refractivity contribution in [2.24, 2.45) is 0 Å². The van der Waals surface area contributed by atoms with Gasteiger partial charge in [0.1, 0.15) is 0 Å². The van der Waals surface area contributed by atoms with Crippen molar-refractivity contribution in [1.82, 2.24) is 4.90 Å². The lowest BCUT2D eigenvalue weighted by molar-refractivity contribution is 0.0252. The smallest absolute Gasteiger partial charge is 0.153 e. The van der Waals surface area contributed by atoms with Crippen LogP contribution in [0.25, 0.3) is 0 Å². The molecule has 1 N–H and O–H groups in total. The fourth-order valence-electron chi connectivity index (χ4n) is 2.41. The maximum Gasteiger partial charge on any atom is 0.153 e. The summed E-state index contributed by atoms with van der Waals surface area (Å²) in [5, 5.41) is 18.7. The van der Waals surface area contributed by atoms with Crippen LogP contribution in [0.15, 0.2) is 30.3 Å². The van der Waals surface area contributed by atoms with Gasteiger partial charge in [0.2, 0.25) is 0 Å². The number of likely N-dealkylation sites (tertiary alicyclic amines) is 1. The number of aryl methyl sites for hydroxylation is 1. The van der Waals surface area contributed by atoms with Crippen molar-refractivity contribution in [2.45, 2.75) is 31.3 Å². The van der Waals surface area contributed by atoms with E-state index in [2.05, 4.69) is 29.2 Å². The highest BCUT2D eigenvalue weighted by Crippen LogP contribution is 2.21. The van der Waals surface area contributed by atoms with Crippen LogP contribution in [0.5, 0.6) is 0 Å². The first-order valence-electron chi connectivity index (χ1n) is 6.62. The molecule has 3 heteroatoms. The Balaban J connectivity index is 1.69. The number of hydrogen-bond acceptors (Lipinski definition) is 3. The van der Waals surface area contributed by atoms with E-state index in [1.54, 1.807) is 0 Å². The van der Waals surface area contributed by atoms with E-state index in [4.69, 9.17) is 5.26 Å². The summed E-state index contributed by atoms with van der Waals surface area (Å²) in [5.41, 5.74) is 0.304. The summed E-state index contributed by atoms with van der Waals surface area (Å²) in [5.74, 6) is 0. The van der Waals surface area contributed by atoms with Gasteiger partial charge in [-0.05, 0) is 24.9 Å². The highest BCUT2D eigenvalue weighted by molar-refractivity contribution is 5.14. The van der Waals surface area contributed by atoms with Crippen LogP contribution in [0.2, 0.25) is 0 Å². The van der Waals surface area contributed by atoms with E-state index in [-0.39, 0.29) is 0 Å². The van der Waals surface area contributed by atoms with Crippen LogP contribution in [0, 0.1) is 11.3 Å². The van der Waals surface area contributed by atoms with E-state index < -0.39 is 5.60 Å². The number of nitrogens with zero attached hydrogens (tertiary/aromatic N) is 2. The Morgan fingerprint density at radius 3 is 2.50 bits per heavy atom. The average Bonchev–Trinajstić information content (AvgIpc) is 2.42. The molecule has 0 unspecified atom stereocenters. The Morgan fingerprint density at radius 1 is 1.22 bits per heavy atom. The lowest BCUT2D eigenvalue weighted by Crippen LogP contribution is -2.43. The minimum atomic E-state index is -1.07. The molecule has 0 radical (unpaired) electrons. The average molecular weight is 244 g/mol. The number of benzene rings is 1. The highest BCUT2D eigenvalue weighted by atomic mass is 16.3. The maximum absolute atomic E-state index is 9.81. The first-order chi connectivity index (χ1) is 8.72. The van der Waals surface area contributed by atoms with Crippen molar-refractivity contribution in [2.75, 3.05) is 19.6 Å². The molecule has 1 aliphatic heterocycles. The van der Waals surface area contributed by atoms with E-state index >= 15 is 0 Å². The van der Waals surface area contributed by atoms with E-state index in [0.29, 0.717) is 12.8 Å². The van der Waals surface area contributed by atoms with E-state index in [0.717, 1.165) is 32.5 Å². The molecule has 1 saturated heterocycles. The van der Waals surface area contributed by atoms with Gasteiger partial charge in [-0.25, -0.2) is 0 Å². The van der Waals surface area contributed by atoms with Crippen LogP contribution in [0.4, 0.5) is 0 Å². The van der Waals surface area contributed by atoms with E-state index in [1.165, 1.54) is 5.56 Å². The maximum atomic E-state index is 9.81. The topological polar surface area (TPSA) is 47.3 Å². The number of rotatable bonds is 4. The zero-order chi connectivity index (χ0) is 12.8. The molecule has 3 nitrogen and oxygen atoms in total. The predicted molar refractivity (Wildman–Crippen MR) is 71.0 cm³/mol. The second-order valence-electron chi connectivity index (χ2n) is 5.07. The number of piperidine rings is 1. The molecule has 0 aliphatic carbocycles. The van der Waals surface area contributed by atoms with Gasteiger partial charge in [-0.1, -0.05) is 30.3 Å². The number of nitriles is 1. The highest BCUT2D eigenvalue weighted by Gasteiger charge is 2.31. The fourth-order valence-corrected chi connectivity index (χ4v) is 2.41. The molecule has 0 aromatic heterocycles. The molecule has 1 heterocycles. The SMILES string of the molecule is N#CC1(O)CCN(CCCc2ccccc2)CC1. The van der Waals surface area contributed by atoms with Gasteiger partial charge in [0.05, 0.1) is 6.07 Å². The van der Waals surface area contributed by atoms with Gasteiger partial charge in [-0.3, -0.25) is 0 Å². The standard InChI is InChI=1S/C15H20N2O/c16-13-15(18)8-11-17(12-9-15)10-4-7-14-5-2-1-3-6-14/h1-3,5-6,18H,4,7-12H2. The van der Waals surface area contributed by atoms with Crippen molar-refractivity contribution in [1.29, 1.82) is 5.26 Å². The molecule has 1 fully saturated rings. The summed E-state index contributed by atoms with van der Waals surface area (Å²) in [6, 6.07) is 12.5. The molecule has 1 aromatic carbocycles. The van der Waals surface area contributed by atoms with Gasteiger partial charge in [0.15, 0.2) is 5.60 Å². The minimum absolute atomic E-state index is 0.578. The Bertz CT molecular complexity index is 402. The predicted octanol–water partition coefficient (Wildman–Crippen LogP) is 1.97. The van der Waals surface area contributed by atoms with Crippen LogP contribution in [-0.4, -0.2) is 35.2 Å². The molecular formula is C15H20N2O. The van der Waals surface area contributed by atoms with Crippen molar-refractivity contribution >= 4 is 0 Å². The molecule has 0 saturated carbocycles. The van der Waals surface area contributed by atoms with Gasteiger partial charge in [0.25, 0.3) is 0 Å². The molecular weight excluding hydrogens is 224 g/mol. The third-order valence-electron chi connectivity index (χ3n) is 3.67. The summed E-state index contributed by atoms with van der Waals surface area (Å²) < 4.78 is 0. The molecule has 1 aromatic rings. The van der Waals surface area contributed by atoms with Crippen molar-refractivity contribution < 1.29 is 5.11 Å². The third kappa shape index (κ3) is 3.56. The molecule has 2 rings (SSSR count). The summed E-state index contributed by atoms with van der Waals surface area (Å²) in [4.78, 5) is 2.34. The molecule has 0 bridgehead atoms. The molecule has 96 valence electrons. The van der Waals surface area contributed by atoms with E-state index in [1.807, 2.05) is 12.1 Å². The fraction of sp³-hybridized carbons (Fsp3) is 0.533. The van der Waals surface area contributed by atoms with Crippen LogP contribution >= 0.6 is 0 Å². The van der Waals surface area contributed by atoms with Crippen molar-refractivity contribution in [3.8, 4) is 6.07 Å². The van der Waals surface area contributed by atoms with Crippen molar-refractivity contribution in [3.05, 3.63) is 35.9 Å². The first-order valence-corrected chi connectivity index (χ1v) is 6.62. The quantitative estimate of drug-likeness (QED) is 0.824. The summed E-state index contributed by atoms with van der Waals surface area (Å²) in [6.45, 7) is 2.72.